The molecule has 0 amide bonds. The summed E-state index contributed by atoms with van der Waals surface area (Å²) in [6, 6.07) is 0. The minimum Gasteiger partial charge on any atom is -0.393 e. The molecule has 0 aliphatic rings. The normalized spacial score (nSPS) is 13.6. The van der Waals surface area contributed by atoms with Gasteiger partial charge in [0.25, 0.3) is 0 Å². The fraction of sp³-hybridized carbons (Fsp3) is 1.00. The van der Waals surface area contributed by atoms with E-state index in [2.05, 4.69) is 95.7 Å². The van der Waals surface area contributed by atoms with Gasteiger partial charge in [0.05, 0.1) is 13.2 Å². The summed E-state index contributed by atoms with van der Waals surface area (Å²) in [5.74, 6) is 0. The van der Waals surface area contributed by atoms with Gasteiger partial charge < -0.3 is 10.2 Å². The predicted molar refractivity (Wildman–Crippen MR) is 78.8 cm³/mol. The Morgan fingerprint density at radius 1 is 0.909 bits per heavy atom. The van der Waals surface area contributed by atoms with Crippen molar-refractivity contribution >= 4 is 90.4 Å². The van der Waals surface area contributed by atoms with Gasteiger partial charge >= 0.3 is 0 Å². The molecule has 0 aromatic heterocycles. The summed E-state index contributed by atoms with van der Waals surface area (Å²) in [5.41, 5.74) is 0. The second kappa shape index (κ2) is 5.63. The van der Waals surface area contributed by atoms with E-state index in [1.165, 1.54) is 0 Å². The third-order valence-electron chi connectivity index (χ3n) is 0.763. The van der Waals surface area contributed by atoms with E-state index < -0.39 is 3.10 Å². The average Bonchev–Trinajstić information content (AvgIpc) is 1.86. The fourth-order valence-electron chi connectivity index (χ4n) is 0.347. The molecule has 0 fully saturated rings. The van der Waals surface area contributed by atoms with Crippen molar-refractivity contribution in [2.45, 2.75) is 3.10 Å². The molecule has 0 radical (unpaired) electrons. The molecule has 0 rings (SSSR count). The highest BCUT2D eigenvalue weighted by Gasteiger charge is 2.32. The second-order valence-electron chi connectivity index (χ2n) is 1.85. The van der Waals surface area contributed by atoms with Gasteiger partial charge in [0.15, 0.2) is 0 Å². The quantitative estimate of drug-likeness (QED) is 0.259. The Morgan fingerprint density at radius 3 is 1.36 bits per heavy atom. The summed E-state index contributed by atoms with van der Waals surface area (Å²) in [7, 11) is 0. The first-order valence-electron chi connectivity index (χ1n) is 2.60. The molecule has 11 heavy (non-hydrogen) atoms. The average molecular weight is 609 g/mol. The third-order valence-corrected chi connectivity index (χ3v) is 3.21. The molecule has 0 bridgehead atoms. The first-order chi connectivity index (χ1) is 4.83. The van der Waals surface area contributed by atoms with Crippen molar-refractivity contribution in [2.75, 3.05) is 13.2 Å². The van der Waals surface area contributed by atoms with Crippen LogP contribution in [0.2, 0.25) is 0 Å². The van der Waals surface area contributed by atoms with E-state index in [1.807, 2.05) is 0 Å². The van der Waals surface area contributed by atoms with Crippen LogP contribution < -0.4 is 5.32 Å². The van der Waals surface area contributed by atoms with Crippen LogP contribution >= 0.6 is 90.4 Å². The molecule has 0 aliphatic carbocycles. The highest BCUT2D eigenvalue weighted by atomic mass is 127. The van der Waals surface area contributed by atoms with Crippen molar-refractivity contribution in [3.05, 3.63) is 0 Å². The zero-order valence-electron chi connectivity index (χ0n) is 5.32. The molecule has 3 N–H and O–H groups in total. The maximum Gasteiger partial charge on any atom is 0.147 e. The molecule has 3 nitrogen and oxygen atoms in total. The van der Waals surface area contributed by atoms with Crippen LogP contribution in [0.25, 0.3) is 0 Å². The van der Waals surface area contributed by atoms with Crippen LogP contribution in [0.5, 0.6) is 0 Å². The van der Waals surface area contributed by atoms with Gasteiger partial charge in [0, 0.05) is 0 Å². The molecule has 68 valence electrons. The summed E-state index contributed by atoms with van der Waals surface area (Å²) >= 11 is 8.37. The molecule has 7 heteroatoms. The van der Waals surface area contributed by atoms with Gasteiger partial charge in [-0.3, -0.25) is 5.32 Å². The van der Waals surface area contributed by atoms with Crippen molar-refractivity contribution in [2.24, 2.45) is 0 Å². The minimum atomic E-state index is -0.402. The number of nitrogens with one attached hydrogen (secondary N) is 1. The summed E-state index contributed by atoms with van der Waals surface area (Å²) in [6.07, 6.45) is 0. The van der Waals surface area contributed by atoms with Crippen molar-refractivity contribution in [3.63, 3.8) is 0 Å². The number of aliphatic hydroxyl groups excluding tert-OH is 2. The number of hydrogen-bond acceptors (Lipinski definition) is 3. The topological polar surface area (TPSA) is 52.5 Å². The van der Waals surface area contributed by atoms with E-state index in [-0.39, 0.29) is 13.2 Å². The van der Waals surface area contributed by atoms with E-state index in [0.717, 1.165) is 0 Å². The van der Waals surface area contributed by atoms with Crippen molar-refractivity contribution in [1.82, 2.24) is 5.32 Å². The van der Waals surface area contributed by atoms with Crippen molar-refractivity contribution in [1.29, 1.82) is 0 Å². The van der Waals surface area contributed by atoms with Crippen LogP contribution in [0.4, 0.5) is 0 Å². The molecular weight excluding hydrogens is 602 g/mol. The van der Waals surface area contributed by atoms with E-state index in [1.54, 1.807) is 0 Å². The van der Waals surface area contributed by atoms with Crippen LogP contribution in [-0.4, -0.2) is 26.5 Å². The molecular formula is C4H7I4NO2. The standard InChI is InChI=1S/C4H7I4NO2/c5-3(6,1-10)9-4(7,8)2-11/h9-11H,1-2H2. The summed E-state index contributed by atoms with van der Waals surface area (Å²) < 4.78 is -0.804. The minimum absolute atomic E-state index is 0.0296. The van der Waals surface area contributed by atoms with Gasteiger partial charge in [-0.05, 0) is 90.4 Å². The maximum atomic E-state index is 8.89. The van der Waals surface area contributed by atoms with Gasteiger partial charge in [0.1, 0.15) is 3.10 Å². The van der Waals surface area contributed by atoms with Crippen LogP contribution in [0.3, 0.4) is 0 Å². The highest BCUT2D eigenvalue weighted by molar-refractivity contribution is 14.2. The first kappa shape index (κ1) is 13.8. The summed E-state index contributed by atoms with van der Waals surface area (Å²) in [6.45, 7) is 0.0593. The zero-order chi connectivity index (χ0) is 9.12. The Morgan fingerprint density at radius 2 is 1.18 bits per heavy atom. The van der Waals surface area contributed by atoms with Crippen molar-refractivity contribution < 1.29 is 10.2 Å². The van der Waals surface area contributed by atoms with Gasteiger partial charge in [0.2, 0.25) is 0 Å². The SMILES string of the molecule is OCC(I)(I)NC(I)(I)CO. The number of alkyl halides is 4. The monoisotopic (exact) mass is 609 g/mol. The molecule has 0 heterocycles. The molecule has 0 aromatic carbocycles. The maximum absolute atomic E-state index is 8.89. The molecule has 0 spiro atoms. The Hall–Kier alpha value is 2.80. The molecule has 0 saturated carbocycles. The molecule has 0 aliphatic heterocycles. The zero-order valence-corrected chi connectivity index (χ0v) is 14.0. The Kier molecular flexibility index (Phi) is 7.06. The van der Waals surface area contributed by atoms with Crippen LogP contribution in [0, 0.1) is 0 Å². The number of aliphatic hydroxyl groups is 2. The lowest BCUT2D eigenvalue weighted by Gasteiger charge is -2.28. The lowest BCUT2D eigenvalue weighted by Crippen LogP contribution is -2.48. The fourth-order valence-corrected chi connectivity index (χ4v) is 4.25. The second-order valence-corrected chi connectivity index (χ2v) is 13.3. The van der Waals surface area contributed by atoms with Crippen LogP contribution in [0.1, 0.15) is 0 Å². The van der Waals surface area contributed by atoms with Crippen LogP contribution in [0.15, 0.2) is 0 Å². The number of halogens is 4. The van der Waals surface area contributed by atoms with E-state index in [0.29, 0.717) is 0 Å². The predicted octanol–water partition coefficient (Wildman–Crippen LogP) is 1.61. The number of hydrogen-bond donors (Lipinski definition) is 3. The lowest BCUT2D eigenvalue weighted by molar-refractivity contribution is 0.248. The van der Waals surface area contributed by atoms with Gasteiger partial charge in [-0.25, -0.2) is 0 Å². The Bertz CT molecular complexity index is 115. The smallest absolute Gasteiger partial charge is 0.147 e. The third kappa shape index (κ3) is 6.82. The van der Waals surface area contributed by atoms with Gasteiger partial charge in [-0.1, -0.05) is 0 Å². The van der Waals surface area contributed by atoms with E-state index in [9.17, 15) is 0 Å². The first-order valence-corrected chi connectivity index (χ1v) is 6.91. The highest BCUT2D eigenvalue weighted by Crippen LogP contribution is 2.32. The van der Waals surface area contributed by atoms with E-state index in [4.69, 9.17) is 10.2 Å². The summed E-state index contributed by atoms with van der Waals surface area (Å²) in [5, 5.41) is 20.9. The number of rotatable bonds is 4. The summed E-state index contributed by atoms with van der Waals surface area (Å²) in [4.78, 5) is 0. The lowest BCUT2D eigenvalue weighted by atomic mass is 10.6. The largest absolute Gasteiger partial charge is 0.393 e. The van der Waals surface area contributed by atoms with Crippen LogP contribution in [-0.2, 0) is 0 Å². The Labute approximate surface area is 120 Å². The molecule has 0 aromatic rings. The molecule has 0 unspecified atom stereocenters. The molecule has 0 saturated heterocycles. The van der Waals surface area contributed by atoms with E-state index >= 15 is 0 Å². The Balaban J connectivity index is 4.02. The van der Waals surface area contributed by atoms with Gasteiger partial charge in [-0.2, -0.15) is 0 Å². The van der Waals surface area contributed by atoms with Gasteiger partial charge in [-0.15, -0.1) is 0 Å². The molecule has 0 atom stereocenters. The van der Waals surface area contributed by atoms with Crippen molar-refractivity contribution in [3.8, 4) is 0 Å².